The smallest absolute Gasteiger partial charge is 0.256 e. The molecule has 6 heteroatoms. The lowest BCUT2D eigenvalue weighted by Gasteiger charge is -2.15. The van der Waals surface area contributed by atoms with Crippen LogP contribution < -0.4 is 5.32 Å². The Morgan fingerprint density at radius 1 is 1.56 bits per heavy atom. The van der Waals surface area contributed by atoms with Crippen LogP contribution in [0.25, 0.3) is 0 Å². The highest BCUT2D eigenvalue weighted by Gasteiger charge is 2.18. The van der Waals surface area contributed by atoms with Crippen LogP contribution in [0.1, 0.15) is 28.2 Å². The Bertz CT molecular complexity index is 373. The first kappa shape index (κ1) is 15.0. The van der Waals surface area contributed by atoms with Crippen LogP contribution in [0.4, 0.5) is 0 Å². The molecule has 102 valence electrons. The van der Waals surface area contributed by atoms with Gasteiger partial charge in [-0.2, -0.15) is 11.8 Å². The van der Waals surface area contributed by atoms with Gasteiger partial charge in [0, 0.05) is 13.7 Å². The second-order valence-electron chi connectivity index (χ2n) is 4.05. The van der Waals surface area contributed by atoms with Crippen molar-refractivity contribution in [3.63, 3.8) is 0 Å². The molecule has 1 aromatic rings. The molecule has 0 saturated heterocycles. The van der Waals surface area contributed by atoms with Gasteiger partial charge in [0.1, 0.15) is 11.3 Å². The minimum absolute atomic E-state index is 0.0434. The normalized spacial score (nSPS) is 12.4. The van der Waals surface area contributed by atoms with Crippen molar-refractivity contribution in [3.05, 3.63) is 17.0 Å². The van der Waals surface area contributed by atoms with Crippen LogP contribution in [0.15, 0.2) is 4.52 Å². The minimum Gasteiger partial charge on any atom is -0.380 e. The lowest BCUT2D eigenvalue weighted by Crippen LogP contribution is -2.34. The molecule has 0 aromatic carbocycles. The summed E-state index contributed by atoms with van der Waals surface area (Å²) in [5.74, 6) is 1.40. The first-order valence-electron chi connectivity index (χ1n) is 5.83. The van der Waals surface area contributed by atoms with Gasteiger partial charge in [-0.05, 0) is 32.3 Å². The van der Waals surface area contributed by atoms with E-state index in [1.54, 1.807) is 32.7 Å². The molecular formula is C12H20N2O3S. The predicted octanol–water partition coefficient (Wildman–Crippen LogP) is 1.79. The summed E-state index contributed by atoms with van der Waals surface area (Å²) < 4.78 is 10.3. The van der Waals surface area contributed by atoms with Crippen LogP contribution in [0.3, 0.4) is 0 Å². The first-order chi connectivity index (χ1) is 8.60. The summed E-state index contributed by atoms with van der Waals surface area (Å²) in [6.07, 6.45) is 3.01. The van der Waals surface area contributed by atoms with Crippen LogP contribution in [-0.2, 0) is 4.74 Å². The maximum Gasteiger partial charge on any atom is 0.256 e. The van der Waals surface area contributed by atoms with E-state index in [0.717, 1.165) is 12.2 Å². The van der Waals surface area contributed by atoms with E-state index in [1.165, 1.54) is 0 Å². The zero-order valence-corrected chi connectivity index (χ0v) is 12.1. The zero-order valence-electron chi connectivity index (χ0n) is 11.3. The number of hydrogen-bond donors (Lipinski definition) is 1. The third kappa shape index (κ3) is 4.03. The number of carbonyl (C=O) groups is 1. The molecule has 1 amide bonds. The summed E-state index contributed by atoms with van der Waals surface area (Å²) in [4.78, 5) is 12.0. The maximum atomic E-state index is 12.0. The van der Waals surface area contributed by atoms with Crippen LogP contribution >= 0.6 is 11.8 Å². The van der Waals surface area contributed by atoms with E-state index < -0.39 is 0 Å². The van der Waals surface area contributed by atoms with Crippen LogP contribution in [0, 0.1) is 13.8 Å². The molecule has 0 fully saturated rings. The maximum absolute atomic E-state index is 12.0. The summed E-state index contributed by atoms with van der Waals surface area (Å²) in [5.41, 5.74) is 1.14. The molecule has 0 radical (unpaired) electrons. The molecule has 1 rings (SSSR count). The second kappa shape index (κ2) is 7.43. The number of nitrogens with zero attached hydrogens (tertiary/aromatic N) is 1. The molecule has 0 aliphatic rings. The topological polar surface area (TPSA) is 64.4 Å². The molecule has 0 bridgehead atoms. The molecule has 0 spiro atoms. The first-order valence-corrected chi connectivity index (χ1v) is 7.22. The van der Waals surface area contributed by atoms with Crippen molar-refractivity contribution in [3.8, 4) is 0 Å². The Labute approximate surface area is 112 Å². The summed E-state index contributed by atoms with van der Waals surface area (Å²) in [5, 5.41) is 6.62. The number of aryl methyl sites for hydroxylation is 2. The Morgan fingerprint density at radius 2 is 2.28 bits per heavy atom. The Kier molecular flexibility index (Phi) is 6.21. The number of amides is 1. The molecule has 1 N–H and O–H groups in total. The van der Waals surface area contributed by atoms with Gasteiger partial charge in [-0.25, -0.2) is 0 Å². The highest BCUT2D eigenvalue weighted by Crippen LogP contribution is 2.12. The SMILES string of the molecule is COC(CCSC)CNC(=O)c1c(C)noc1C. The second-order valence-corrected chi connectivity index (χ2v) is 5.03. The lowest BCUT2D eigenvalue weighted by molar-refractivity contribution is 0.0818. The van der Waals surface area contributed by atoms with Crippen molar-refractivity contribution in [2.75, 3.05) is 25.7 Å². The van der Waals surface area contributed by atoms with E-state index in [2.05, 4.69) is 16.7 Å². The fourth-order valence-electron chi connectivity index (χ4n) is 1.65. The third-order valence-electron chi connectivity index (χ3n) is 2.73. The van der Waals surface area contributed by atoms with Crippen molar-refractivity contribution in [2.45, 2.75) is 26.4 Å². The highest BCUT2D eigenvalue weighted by atomic mass is 32.2. The molecule has 5 nitrogen and oxygen atoms in total. The lowest BCUT2D eigenvalue weighted by atomic mass is 10.2. The van der Waals surface area contributed by atoms with Crippen LogP contribution in [-0.4, -0.2) is 42.8 Å². The largest absolute Gasteiger partial charge is 0.380 e. The van der Waals surface area contributed by atoms with Gasteiger partial charge in [-0.3, -0.25) is 4.79 Å². The summed E-state index contributed by atoms with van der Waals surface area (Å²) in [6.45, 7) is 3.99. The Hall–Kier alpha value is -1.01. The number of aromatic nitrogens is 1. The van der Waals surface area contributed by atoms with Crippen LogP contribution in [0.2, 0.25) is 0 Å². The van der Waals surface area contributed by atoms with E-state index in [-0.39, 0.29) is 12.0 Å². The summed E-state index contributed by atoms with van der Waals surface area (Å²) in [7, 11) is 1.66. The van der Waals surface area contributed by atoms with E-state index in [0.29, 0.717) is 23.6 Å². The molecule has 18 heavy (non-hydrogen) atoms. The predicted molar refractivity (Wildman–Crippen MR) is 72.1 cm³/mol. The van der Waals surface area contributed by atoms with Crippen molar-refractivity contribution in [2.24, 2.45) is 0 Å². The third-order valence-corrected chi connectivity index (χ3v) is 3.37. The average molecular weight is 272 g/mol. The number of thioether (sulfide) groups is 1. The molecule has 0 aliphatic heterocycles. The number of ether oxygens (including phenoxy) is 1. The van der Waals surface area contributed by atoms with Crippen molar-refractivity contribution in [1.82, 2.24) is 10.5 Å². The van der Waals surface area contributed by atoms with E-state index in [9.17, 15) is 4.79 Å². The van der Waals surface area contributed by atoms with Gasteiger partial charge < -0.3 is 14.6 Å². The van der Waals surface area contributed by atoms with Gasteiger partial charge in [-0.1, -0.05) is 5.16 Å². The summed E-state index contributed by atoms with van der Waals surface area (Å²) in [6, 6.07) is 0. The fraction of sp³-hybridized carbons (Fsp3) is 0.667. The summed E-state index contributed by atoms with van der Waals surface area (Å²) >= 11 is 1.76. The number of rotatable bonds is 7. The van der Waals surface area contributed by atoms with Crippen molar-refractivity contribution < 1.29 is 14.1 Å². The zero-order chi connectivity index (χ0) is 13.5. The minimum atomic E-state index is -0.155. The van der Waals surface area contributed by atoms with Gasteiger partial charge in [0.15, 0.2) is 0 Å². The van der Waals surface area contributed by atoms with Crippen LogP contribution in [0.5, 0.6) is 0 Å². The molecule has 1 heterocycles. The highest BCUT2D eigenvalue weighted by molar-refractivity contribution is 7.98. The molecular weight excluding hydrogens is 252 g/mol. The number of methoxy groups -OCH3 is 1. The molecule has 0 saturated carbocycles. The average Bonchev–Trinajstić information content (AvgIpc) is 2.69. The van der Waals surface area contributed by atoms with E-state index in [1.807, 2.05) is 0 Å². The molecule has 1 aromatic heterocycles. The Balaban J connectivity index is 2.50. The molecule has 1 unspecified atom stereocenters. The van der Waals surface area contributed by atoms with Crippen molar-refractivity contribution >= 4 is 17.7 Å². The Morgan fingerprint density at radius 3 is 2.78 bits per heavy atom. The molecule has 1 atom stereocenters. The monoisotopic (exact) mass is 272 g/mol. The van der Waals surface area contributed by atoms with Gasteiger partial charge in [0.05, 0.1) is 11.8 Å². The standard InChI is InChI=1S/C12H20N2O3S/c1-8-11(9(2)17-14-8)12(15)13-7-10(16-3)5-6-18-4/h10H,5-7H2,1-4H3,(H,13,15). The quantitative estimate of drug-likeness (QED) is 0.820. The van der Waals surface area contributed by atoms with E-state index >= 15 is 0 Å². The fourth-order valence-corrected chi connectivity index (χ4v) is 2.15. The van der Waals surface area contributed by atoms with Crippen molar-refractivity contribution in [1.29, 1.82) is 0 Å². The molecule has 0 aliphatic carbocycles. The van der Waals surface area contributed by atoms with Gasteiger partial charge in [0.2, 0.25) is 0 Å². The number of carbonyl (C=O) groups excluding carboxylic acids is 1. The van der Waals surface area contributed by atoms with E-state index in [4.69, 9.17) is 9.26 Å². The van der Waals surface area contributed by atoms with Gasteiger partial charge >= 0.3 is 0 Å². The number of hydrogen-bond acceptors (Lipinski definition) is 5. The van der Waals surface area contributed by atoms with Gasteiger partial charge in [0.25, 0.3) is 5.91 Å². The van der Waals surface area contributed by atoms with Gasteiger partial charge in [-0.15, -0.1) is 0 Å². The number of nitrogens with one attached hydrogen (secondary N) is 1.